The molecule has 0 radical (unpaired) electrons. The van der Waals surface area contributed by atoms with Crippen LogP contribution in [0.5, 0.6) is 5.75 Å². The van der Waals surface area contributed by atoms with Gasteiger partial charge in [-0.2, -0.15) is 0 Å². The Labute approximate surface area is 122 Å². The van der Waals surface area contributed by atoms with Crippen LogP contribution >= 0.6 is 0 Å². The molecule has 1 saturated carbocycles. The zero-order valence-electron chi connectivity index (χ0n) is 12.0. The maximum Gasteiger partial charge on any atom is 0.325 e. The Hall–Kier alpha value is -2.11. The summed E-state index contributed by atoms with van der Waals surface area (Å²) in [7, 11) is 1.39. The molecule has 3 rings (SSSR count). The molecular weight excluding hydrogens is 275 g/mol. The van der Waals surface area contributed by atoms with Gasteiger partial charge in [0.2, 0.25) is 0 Å². The van der Waals surface area contributed by atoms with Gasteiger partial charge in [-0.3, -0.25) is 9.69 Å². The molecule has 5 nitrogen and oxygen atoms in total. The number of nitrogens with zero attached hydrogens (tertiary/aromatic N) is 1. The van der Waals surface area contributed by atoms with Crippen LogP contribution in [-0.4, -0.2) is 29.5 Å². The summed E-state index contributed by atoms with van der Waals surface area (Å²) in [5.41, 5.74) is -0.251. The first-order chi connectivity index (χ1) is 9.95. The van der Waals surface area contributed by atoms with Gasteiger partial charge in [-0.1, -0.05) is 6.07 Å². The summed E-state index contributed by atoms with van der Waals surface area (Å²) >= 11 is 0. The minimum atomic E-state index is -0.803. The Balaban J connectivity index is 1.80. The summed E-state index contributed by atoms with van der Waals surface area (Å²) in [6, 6.07) is 4.01. The van der Waals surface area contributed by atoms with Crippen LogP contribution in [0.1, 0.15) is 25.3 Å². The van der Waals surface area contributed by atoms with Crippen molar-refractivity contribution < 1.29 is 18.7 Å². The number of ether oxygens (including phenoxy) is 1. The van der Waals surface area contributed by atoms with Crippen molar-refractivity contribution in [2.24, 2.45) is 5.92 Å². The molecule has 1 saturated heterocycles. The van der Waals surface area contributed by atoms with Crippen molar-refractivity contribution in [1.29, 1.82) is 0 Å². The fourth-order valence-corrected chi connectivity index (χ4v) is 2.79. The largest absolute Gasteiger partial charge is 0.494 e. The molecule has 1 N–H and O–H groups in total. The van der Waals surface area contributed by atoms with Crippen molar-refractivity contribution in [3.63, 3.8) is 0 Å². The van der Waals surface area contributed by atoms with E-state index in [1.807, 2.05) is 0 Å². The Bertz CT molecular complexity index is 615. The summed E-state index contributed by atoms with van der Waals surface area (Å²) in [5, 5.41) is 2.77. The van der Waals surface area contributed by atoms with E-state index in [4.69, 9.17) is 4.74 Å². The van der Waals surface area contributed by atoms with Crippen LogP contribution in [0, 0.1) is 11.7 Å². The molecule has 1 aliphatic carbocycles. The maximum atomic E-state index is 13.7. The van der Waals surface area contributed by atoms with Gasteiger partial charge in [0.25, 0.3) is 5.91 Å². The molecule has 0 aromatic heterocycles. The number of nitrogens with one attached hydrogen (secondary N) is 1. The number of halogens is 1. The minimum absolute atomic E-state index is 0.0634. The highest BCUT2D eigenvalue weighted by Crippen LogP contribution is 2.42. The van der Waals surface area contributed by atoms with Crippen LogP contribution in [0.15, 0.2) is 18.2 Å². The third-order valence-electron chi connectivity index (χ3n) is 4.25. The van der Waals surface area contributed by atoms with Crippen LogP contribution in [0.2, 0.25) is 0 Å². The quantitative estimate of drug-likeness (QED) is 0.864. The number of carbonyl (C=O) groups excluding carboxylic acids is 2. The molecule has 1 aliphatic heterocycles. The highest BCUT2D eigenvalue weighted by molar-refractivity contribution is 6.07. The summed E-state index contributed by atoms with van der Waals surface area (Å²) < 4.78 is 18.5. The first-order valence-corrected chi connectivity index (χ1v) is 6.92. The van der Waals surface area contributed by atoms with Crippen LogP contribution in [-0.2, 0) is 11.3 Å². The summed E-state index contributed by atoms with van der Waals surface area (Å²) in [6.45, 7) is 1.83. The van der Waals surface area contributed by atoms with Crippen molar-refractivity contribution in [3.8, 4) is 5.75 Å². The van der Waals surface area contributed by atoms with E-state index in [1.165, 1.54) is 19.2 Å². The molecule has 21 heavy (non-hydrogen) atoms. The van der Waals surface area contributed by atoms with Gasteiger partial charge in [0, 0.05) is 0 Å². The van der Waals surface area contributed by atoms with E-state index < -0.39 is 17.4 Å². The fraction of sp³-hybridized carbons (Fsp3) is 0.467. The van der Waals surface area contributed by atoms with Crippen LogP contribution in [0.25, 0.3) is 0 Å². The molecule has 1 heterocycles. The lowest BCUT2D eigenvalue weighted by atomic mass is 9.96. The predicted octanol–water partition coefficient (Wildman–Crippen LogP) is 2.05. The number of amides is 3. The van der Waals surface area contributed by atoms with Gasteiger partial charge in [0.1, 0.15) is 5.54 Å². The first kappa shape index (κ1) is 13.9. The minimum Gasteiger partial charge on any atom is -0.494 e. The first-order valence-electron chi connectivity index (χ1n) is 6.92. The van der Waals surface area contributed by atoms with Gasteiger partial charge >= 0.3 is 6.03 Å². The normalized spacial score (nSPS) is 25.2. The zero-order valence-corrected chi connectivity index (χ0v) is 12.0. The SMILES string of the molecule is COc1ccc(CN2C(=O)N[C@](C)(C3CC3)C2=O)cc1F. The number of hydrogen-bond acceptors (Lipinski definition) is 3. The van der Waals surface area contributed by atoms with Crippen molar-refractivity contribution in [2.75, 3.05) is 7.11 Å². The molecule has 6 heteroatoms. The van der Waals surface area contributed by atoms with Crippen molar-refractivity contribution in [2.45, 2.75) is 31.8 Å². The van der Waals surface area contributed by atoms with Crippen molar-refractivity contribution in [3.05, 3.63) is 29.6 Å². The molecule has 1 atom stereocenters. The molecule has 1 aromatic carbocycles. The van der Waals surface area contributed by atoms with Gasteiger partial charge in [-0.15, -0.1) is 0 Å². The van der Waals surface area contributed by atoms with Gasteiger partial charge in [0.05, 0.1) is 13.7 Å². The second kappa shape index (κ2) is 4.72. The Morgan fingerprint density at radius 3 is 2.71 bits per heavy atom. The van der Waals surface area contributed by atoms with Crippen molar-refractivity contribution >= 4 is 11.9 Å². The average molecular weight is 292 g/mol. The number of benzene rings is 1. The lowest BCUT2D eigenvalue weighted by Crippen LogP contribution is -2.46. The molecule has 3 amide bonds. The molecule has 2 aliphatic rings. The summed E-state index contributed by atoms with van der Waals surface area (Å²) in [4.78, 5) is 25.6. The Morgan fingerprint density at radius 1 is 1.43 bits per heavy atom. The van der Waals surface area contributed by atoms with Crippen LogP contribution in [0.4, 0.5) is 9.18 Å². The van der Waals surface area contributed by atoms with Gasteiger partial charge in [-0.05, 0) is 43.4 Å². The molecule has 0 spiro atoms. The molecule has 2 fully saturated rings. The zero-order chi connectivity index (χ0) is 15.2. The third-order valence-corrected chi connectivity index (χ3v) is 4.25. The van der Waals surface area contributed by atoms with E-state index in [-0.39, 0.29) is 24.1 Å². The van der Waals surface area contributed by atoms with E-state index in [2.05, 4.69) is 5.32 Å². The number of carbonyl (C=O) groups is 2. The fourth-order valence-electron chi connectivity index (χ4n) is 2.79. The van der Waals surface area contributed by atoms with Crippen LogP contribution < -0.4 is 10.1 Å². The van der Waals surface area contributed by atoms with Gasteiger partial charge in [0.15, 0.2) is 11.6 Å². The standard InChI is InChI=1S/C15H17FN2O3/c1-15(10-4-5-10)13(19)18(14(20)17-15)8-9-3-6-12(21-2)11(16)7-9/h3,6-7,10H,4-5,8H2,1-2H3,(H,17,20)/t15-/m1/s1. The smallest absolute Gasteiger partial charge is 0.325 e. The molecular formula is C15H17FN2O3. The number of rotatable bonds is 4. The van der Waals surface area contributed by atoms with E-state index in [1.54, 1.807) is 13.0 Å². The van der Waals surface area contributed by atoms with Crippen LogP contribution in [0.3, 0.4) is 0 Å². The molecule has 0 unspecified atom stereocenters. The molecule has 112 valence electrons. The topological polar surface area (TPSA) is 58.6 Å². The monoisotopic (exact) mass is 292 g/mol. The third kappa shape index (κ3) is 2.24. The van der Waals surface area contributed by atoms with Gasteiger partial charge in [-0.25, -0.2) is 9.18 Å². The van der Waals surface area contributed by atoms with E-state index in [9.17, 15) is 14.0 Å². The van der Waals surface area contributed by atoms with Crippen molar-refractivity contribution in [1.82, 2.24) is 10.2 Å². The molecule has 0 bridgehead atoms. The second-order valence-electron chi connectivity index (χ2n) is 5.77. The highest BCUT2D eigenvalue weighted by Gasteiger charge is 2.55. The number of imide groups is 1. The molecule has 1 aromatic rings. The highest BCUT2D eigenvalue weighted by atomic mass is 19.1. The Morgan fingerprint density at radius 2 is 2.14 bits per heavy atom. The number of methoxy groups -OCH3 is 1. The Kier molecular flexibility index (Phi) is 3.11. The van der Waals surface area contributed by atoms with E-state index in [0.29, 0.717) is 5.56 Å². The average Bonchev–Trinajstić information content (AvgIpc) is 3.25. The lowest BCUT2D eigenvalue weighted by Gasteiger charge is -2.21. The van der Waals surface area contributed by atoms with Gasteiger partial charge < -0.3 is 10.1 Å². The number of hydrogen-bond donors (Lipinski definition) is 1. The second-order valence-corrected chi connectivity index (χ2v) is 5.77. The summed E-state index contributed by atoms with van der Waals surface area (Å²) in [5.74, 6) is -0.386. The maximum absolute atomic E-state index is 13.7. The predicted molar refractivity (Wildman–Crippen MR) is 73.2 cm³/mol. The van der Waals surface area contributed by atoms with E-state index in [0.717, 1.165) is 17.7 Å². The summed E-state index contributed by atoms with van der Waals surface area (Å²) in [6.07, 6.45) is 1.90. The number of urea groups is 1. The van der Waals surface area contributed by atoms with E-state index >= 15 is 0 Å². The lowest BCUT2D eigenvalue weighted by molar-refractivity contribution is -0.131.